The summed E-state index contributed by atoms with van der Waals surface area (Å²) in [5.41, 5.74) is -0.468. The van der Waals surface area contributed by atoms with Gasteiger partial charge in [-0.1, -0.05) is 80.1 Å². The molecule has 0 bridgehead atoms. The van der Waals surface area contributed by atoms with Crippen LogP contribution in [0.3, 0.4) is 0 Å². The summed E-state index contributed by atoms with van der Waals surface area (Å²) >= 11 is 6.64. The van der Waals surface area contributed by atoms with Crippen LogP contribution in [0.15, 0.2) is 72.8 Å². The molecule has 1 spiro atoms. The molecule has 0 aromatic heterocycles. The van der Waals surface area contributed by atoms with Gasteiger partial charge in [0.25, 0.3) is 5.91 Å². The number of benzene rings is 2. The number of halogens is 1. The first kappa shape index (κ1) is 28.6. The Morgan fingerprint density at radius 2 is 1.62 bits per heavy atom. The molecule has 2 aromatic rings. The lowest BCUT2D eigenvalue weighted by molar-refractivity contribution is -0.149. The zero-order valence-electron chi connectivity index (χ0n) is 24.2. The fraction of sp³-hybridized carbons (Fsp3) is 0.424. The molecule has 4 aliphatic heterocycles. The molecule has 8 nitrogen and oxygen atoms in total. The van der Waals surface area contributed by atoms with Gasteiger partial charge in [0.05, 0.1) is 40.8 Å². The Hall–Kier alpha value is -3.46. The average Bonchev–Trinajstić information content (AvgIpc) is 3.22. The van der Waals surface area contributed by atoms with E-state index in [0.29, 0.717) is 17.3 Å². The van der Waals surface area contributed by atoms with Gasteiger partial charge in [0.1, 0.15) is 11.6 Å². The molecule has 0 aliphatic carbocycles. The second-order valence-electron chi connectivity index (χ2n) is 12.2. The summed E-state index contributed by atoms with van der Waals surface area (Å²) in [6.07, 6.45) is 7.41. The zero-order valence-corrected chi connectivity index (χ0v) is 25.0. The number of nitrogens with zero attached hydrogens (tertiary/aromatic N) is 3. The highest BCUT2D eigenvalue weighted by molar-refractivity contribution is 6.34. The lowest BCUT2D eigenvalue weighted by atomic mass is 9.74. The number of carbonyl (C=O) groups is 3. The third-order valence-electron chi connectivity index (χ3n) is 9.34. The number of rotatable bonds is 5. The molecule has 4 heterocycles. The Labute approximate surface area is 251 Å². The van der Waals surface area contributed by atoms with Crippen LogP contribution in [0.4, 0.5) is 11.4 Å². The van der Waals surface area contributed by atoms with E-state index in [1.54, 1.807) is 15.9 Å². The van der Waals surface area contributed by atoms with Crippen LogP contribution in [0, 0.1) is 24.7 Å². The van der Waals surface area contributed by atoms with E-state index in [1.165, 1.54) is 4.90 Å². The highest BCUT2D eigenvalue weighted by Gasteiger charge is 2.75. The Morgan fingerprint density at radius 3 is 2.29 bits per heavy atom. The Morgan fingerprint density at radius 1 is 0.929 bits per heavy atom. The number of hydrogen-bond donors (Lipinski definition) is 1. The van der Waals surface area contributed by atoms with E-state index in [2.05, 4.69) is 0 Å². The largest absolute Gasteiger partial charge is 0.394 e. The number of para-hydroxylation sites is 2. The Bertz CT molecular complexity index is 1470. The third-order valence-corrected chi connectivity index (χ3v) is 9.64. The first-order chi connectivity index (χ1) is 20.1. The van der Waals surface area contributed by atoms with Gasteiger partial charge in [-0.2, -0.15) is 0 Å². The number of aliphatic hydroxyl groups excluding tert-OH is 1. The van der Waals surface area contributed by atoms with Gasteiger partial charge in [0.2, 0.25) is 11.8 Å². The minimum Gasteiger partial charge on any atom is -0.394 e. The predicted molar refractivity (Wildman–Crippen MR) is 161 cm³/mol. The van der Waals surface area contributed by atoms with Crippen LogP contribution in [0.5, 0.6) is 0 Å². The van der Waals surface area contributed by atoms with Crippen molar-refractivity contribution in [2.45, 2.75) is 51.0 Å². The number of fused-ring (bicyclic) bond motifs is 2. The minimum atomic E-state index is -1.43. The van der Waals surface area contributed by atoms with Crippen molar-refractivity contribution in [2.24, 2.45) is 17.8 Å². The minimum absolute atomic E-state index is 0.165. The predicted octanol–water partition coefficient (Wildman–Crippen LogP) is 4.14. The molecule has 0 radical (unpaired) electrons. The smallest absolute Gasteiger partial charge is 0.253 e. The van der Waals surface area contributed by atoms with Crippen LogP contribution in [-0.4, -0.2) is 70.7 Å². The highest BCUT2D eigenvalue weighted by atomic mass is 35.5. The first-order valence-electron chi connectivity index (χ1n) is 14.5. The molecule has 1 unspecified atom stereocenters. The number of carbonyl (C=O) groups excluding carboxylic acids is 3. The number of hydrogen-bond acceptors (Lipinski definition) is 5. The molecule has 42 heavy (non-hydrogen) atoms. The number of aliphatic hydroxyl groups is 1. The lowest BCUT2D eigenvalue weighted by Crippen LogP contribution is -2.59. The maximum absolute atomic E-state index is 14.8. The third kappa shape index (κ3) is 4.07. The SMILES string of the molecule is Cc1cccc(Cl)c1N1CC=C[C@]23O[C@]4(C)C=CCN(c5ccccc5)C(=O)[C@@H]4[C@H]2C(=O)N([C@@H](CO)C(C)C)C3C1=O. The number of aryl methyl sites for hydroxylation is 1. The molecule has 2 fully saturated rings. The normalized spacial score (nSPS) is 31.3. The molecule has 4 aliphatic rings. The van der Waals surface area contributed by atoms with Crippen molar-refractivity contribution in [2.75, 3.05) is 29.5 Å². The molecule has 2 aromatic carbocycles. The first-order valence-corrected chi connectivity index (χ1v) is 14.8. The molecule has 3 amide bonds. The van der Waals surface area contributed by atoms with Gasteiger partial charge in [-0.15, -0.1) is 0 Å². The molecule has 0 saturated carbocycles. The summed E-state index contributed by atoms with van der Waals surface area (Å²) in [6, 6.07) is 13.0. The van der Waals surface area contributed by atoms with Crippen molar-refractivity contribution >= 4 is 40.7 Å². The maximum Gasteiger partial charge on any atom is 0.253 e. The van der Waals surface area contributed by atoms with Gasteiger partial charge in [0.15, 0.2) is 0 Å². The second kappa shape index (κ2) is 10.4. The van der Waals surface area contributed by atoms with E-state index in [0.717, 1.165) is 11.3 Å². The summed E-state index contributed by atoms with van der Waals surface area (Å²) in [7, 11) is 0. The summed E-state index contributed by atoms with van der Waals surface area (Å²) in [4.78, 5) is 48.7. The molecular formula is C33H36ClN3O5. The van der Waals surface area contributed by atoms with Gasteiger partial charge in [-0.25, -0.2) is 0 Å². The maximum atomic E-state index is 14.8. The van der Waals surface area contributed by atoms with E-state index in [4.69, 9.17) is 16.3 Å². The van der Waals surface area contributed by atoms with E-state index in [1.807, 2.05) is 94.5 Å². The molecule has 1 N–H and O–H groups in total. The van der Waals surface area contributed by atoms with Gasteiger partial charge in [0, 0.05) is 18.8 Å². The van der Waals surface area contributed by atoms with Gasteiger partial charge < -0.3 is 24.5 Å². The van der Waals surface area contributed by atoms with Gasteiger partial charge >= 0.3 is 0 Å². The second-order valence-corrected chi connectivity index (χ2v) is 12.6. The van der Waals surface area contributed by atoms with Crippen molar-refractivity contribution in [3.05, 3.63) is 83.4 Å². The summed E-state index contributed by atoms with van der Waals surface area (Å²) in [5.74, 6) is -3.00. The Balaban J connectivity index is 1.53. The van der Waals surface area contributed by atoms with E-state index < -0.39 is 35.1 Å². The number of amides is 3. The van der Waals surface area contributed by atoms with Gasteiger partial charge in [-0.05, 0) is 43.5 Å². The number of likely N-dealkylation sites (tertiary alicyclic amines) is 1. The molecular weight excluding hydrogens is 554 g/mol. The van der Waals surface area contributed by atoms with Crippen molar-refractivity contribution in [1.82, 2.24) is 4.90 Å². The van der Waals surface area contributed by atoms with Crippen molar-refractivity contribution < 1.29 is 24.2 Å². The van der Waals surface area contributed by atoms with Crippen LogP contribution in [0.2, 0.25) is 5.02 Å². The summed E-state index contributed by atoms with van der Waals surface area (Å²) < 4.78 is 6.93. The van der Waals surface area contributed by atoms with Gasteiger partial charge in [-0.3, -0.25) is 14.4 Å². The van der Waals surface area contributed by atoms with Crippen molar-refractivity contribution in [1.29, 1.82) is 0 Å². The summed E-state index contributed by atoms with van der Waals surface area (Å²) in [5, 5.41) is 11.0. The standard InChI is InChI=1S/C33H36ClN3O5/c1-20(2)24(19-38)37-28-31(41)36(27-21(3)11-8-14-23(27)34)18-10-16-33(28)26(30(37)40)25-29(39)35(22-12-6-5-7-13-22)17-9-15-32(25,4)42-33/h5-16,20,24-26,28,38H,17-19H2,1-4H3/t24-,25-,26-,28?,32+,33-/m0/s1. The average molecular weight is 590 g/mol. The number of anilines is 2. The topological polar surface area (TPSA) is 90.4 Å². The van der Waals surface area contributed by atoms with Crippen LogP contribution in [-0.2, 0) is 19.1 Å². The molecule has 220 valence electrons. The van der Waals surface area contributed by atoms with Crippen LogP contribution >= 0.6 is 11.6 Å². The Kier molecular flexibility index (Phi) is 7.07. The van der Waals surface area contributed by atoms with E-state index in [-0.39, 0.29) is 36.8 Å². The van der Waals surface area contributed by atoms with Crippen molar-refractivity contribution in [3.8, 4) is 0 Å². The van der Waals surface area contributed by atoms with Crippen LogP contribution in [0.25, 0.3) is 0 Å². The fourth-order valence-electron chi connectivity index (χ4n) is 7.44. The van der Waals surface area contributed by atoms with E-state index in [9.17, 15) is 19.5 Å². The summed E-state index contributed by atoms with van der Waals surface area (Å²) in [6.45, 7) is 7.74. The molecule has 9 heteroatoms. The highest BCUT2D eigenvalue weighted by Crippen LogP contribution is 2.58. The molecule has 2 saturated heterocycles. The molecule has 6 rings (SSSR count). The zero-order chi connectivity index (χ0) is 30.0. The number of ether oxygens (including phenoxy) is 1. The quantitative estimate of drug-likeness (QED) is 0.530. The fourth-order valence-corrected chi connectivity index (χ4v) is 7.77. The lowest BCUT2D eigenvalue weighted by Gasteiger charge is -2.41. The monoisotopic (exact) mass is 589 g/mol. The van der Waals surface area contributed by atoms with Crippen LogP contribution in [0.1, 0.15) is 26.3 Å². The van der Waals surface area contributed by atoms with Crippen molar-refractivity contribution in [3.63, 3.8) is 0 Å². The van der Waals surface area contributed by atoms with E-state index >= 15 is 0 Å². The van der Waals surface area contributed by atoms with Crippen LogP contribution < -0.4 is 9.80 Å². The molecule has 6 atom stereocenters.